The van der Waals surface area contributed by atoms with E-state index in [2.05, 4.69) is 46.2 Å². The first kappa shape index (κ1) is 30.1. The molecular weight excluding hydrogens is 556 g/mol. The minimum Gasteiger partial charge on any atom is -0.465 e. The molecule has 1 aliphatic rings. The van der Waals surface area contributed by atoms with Crippen LogP contribution in [-0.2, 0) is 6.42 Å². The molecule has 0 aliphatic carbocycles. The van der Waals surface area contributed by atoms with Gasteiger partial charge in [0.2, 0.25) is 0 Å². The van der Waals surface area contributed by atoms with Gasteiger partial charge in [0.25, 0.3) is 0 Å². The Morgan fingerprint density at radius 2 is 1.47 bits per heavy atom. The molecule has 1 aromatic heterocycles. The standard InChI is InChI=1S/C36H36N4O2.ClH/c1-27-18-19-32-33(37-27)16-9-17-34(32)39-24-22-38(23-25-39)21-20-28-10-8-15-31(26-28)40(36(41)42)35(29-11-4-2-5-12-29)30-13-6-3-7-14-30;/h2-19,26,35H,20-25H2,1H3,(H,41,42);1H. The fraction of sp³-hybridized carbons (Fsp3) is 0.222. The number of amides is 1. The third-order valence-electron chi connectivity index (χ3n) is 8.16. The highest BCUT2D eigenvalue weighted by atomic mass is 35.5. The van der Waals surface area contributed by atoms with E-state index in [0.29, 0.717) is 5.69 Å². The van der Waals surface area contributed by atoms with Gasteiger partial charge < -0.3 is 10.0 Å². The third kappa shape index (κ3) is 6.82. The Morgan fingerprint density at radius 1 is 0.814 bits per heavy atom. The lowest BCUT2D eigenvalue weighted by atomic mass is 9.96. The Morgan fingerprint density at radius 3 is 2.12 bits per heavy atom. The Labute approximate surface area is 259 Å². The second-order valence-electron chi connectivity index (χ2n) is 10.9. The molecule has 0 spiro atoms. The third-order valence-corrected chi connectivity index (χ3v) is 8.16. The Bertz CT molecular complexity index is 1620. The molecule has 5 aromatic rings. The summed E-state index contributed by atoms with van der Waals surface area (Å²) in [6, 6.07) is 37.9. The van der Waals surface area contributed by atoms with Crippen molar-refractivity contribution in [1.29, 1.82) is 0 Å². The summed E-state index contributed by atoms with van der Waals surface area (Å²) in [6.45, 7) is 6.87. The molecule has 1 N–H and O–H groups in total. The normalized spacial score (nSPS) is 13.6. The number of benzene rings is 4. The highest BCUT2D eigenvalue weighted by Gasteiger charge is 2.28. The average molecular weight is 593 g/mol. The zero-order valence-electron chi connectivity index (χ0n) is 24.3. The molecule has 43 heavy (non-hydrogen) atoms. The van der Waals surface area contributed by atoms with Crippen LogP contribution in [-0.4, -0.2) is 53.8 Å². The molecule has 6 rings (SSSR count). The molecule has 6 nitrogen and oxygen atoms in total. The fourth-order valence-electron chi connectivity index (χ4n) is 6.01. The van der Waals surface area contributed by atoms with Gasteiger partial charge in [-0.05, 0) is 66.4 Å². The molecule has 0 bridgehead atoms. The van der Waals surface area contributed by atoms with Crippen LogP contribution < -0.4 is 9.80 Å². The maximum atomic E-state index is 12.8. The Kier molecular flexibility index (Phi) is 9.60. The molecule has 1 fully saturated rings. The Hall–Kier alpha value is -4.39. The van der Waals surface area contributed by atoms with Crippen LogP contribution >= 0.6 is 12.4 Å². The topological polar surface area (TPSA) is 59.9 Å². The summed E-state index contributed by atoms with van der Waals surface area (Å²) in [4.78, 5) is 23.9. The second-order valence-corrected chi connectivity index (χ2v) is 10.9. The van der Waals surface area contributed by atoms with Crippen LogP contribution in [0.1, 0.15) is 28.4 Å². The number of aromatic nitrogens is 1. The van der Waals surface area contributed by atoms with Crippen molar-refractivity contribution in [1.82, 2.24) is 9.88 Å². The molecule has 0 unspecified atom stereocenters. The Balaban J connectivity index is 0.00000368. The maximum Gasteiger partial charge on any atom is 0.412 e. The predicted molar refractivity (Wildman–Crippen MR) is 178 cm³/mol. The van der Waals surface area contributed by atoms with Gasteiger partial charge in [-0.1, -0.05) is 78.9 Å². The summed E-state index contributed by atoms with van der Waals surface area (Å²) in [5.41, 5.74) is 7.03. The van der Waals surface area contributed by atoms with E-state index in [1.807, 2.05) is 85.8 Å². The summed E-state index contributed by atoms with van der Waals surface area (Å²) >= 11 is 0. The van der Waals surface area contributed by atoms with E-state index in [9.17, 15) is 9.90 Å². The van der Waals surface area contributed by atoms with E-state index in [1.165, 1.54) is 16.0 Å². The van der Waals surface area contributed by atoms with E-state index in [4.69, 9.17) is 4.98 Å². The molecular formula is C36H37ClN4O2. The fourth-order valence-corrected chi connectivity index (χ4v) is 6.01. The maximum absolute atomic E-state index is 12.8. The molecule has 1 amide bonds. The van der Waals surface area contributed by atoms with Crippen molar-refractivity contribution in [2.24, 2.45) is 0 Å². The molecule has 0 radical (unpaired) electrons. The van der Waals surface area contributed by atoms with Gasteiger partial charge in [0.1, 0.15) is 0 Å². The van der Waals surface area contributed by atoms with Gasteiger partial charge in [-0.3, -0.25) is 14.8 Å². The molecule has 0 atom stereocenters. The first-order chi connectivity index (χ1) is 20.6. The number of nitrogens with zero attached hydrogens (tertiary/aromatic N) is 4. The van der Waals surface area contributed by atoms with Crippen LogP contribution in [0.2, 0.25) is 0 Å². The van der Waals surface area contributed by atoms with Gasteiger partial charge in [0, 0.05) is 55.2 Å². The number of hydrogen-bond donors (Lipinski definition) is 1. The van der Waals surface area contributed by atoms with Crippen molar-refractivity contribution in [3.63, 3.8) is 0 Å². The highest BCUT2D eigenvalue weighted by molar-refractivity contribution is 5.92. The van der Waals surface area contributed by atoms with Crippen LogP contribution in [0.3, 0.4) is 0 Å². The summed E-state index contributed by atoms with van der Waals surface area (Å²) in [5, 5.41) is 11.7. The monoisotopic (exact) mass is 592 g/mol. The van der Waals surface area contributed by atoms with E-state index in [0.717, 1.165) is 67.0 Å². The number of aryl methyl sites for hydroxylation is 1. The van der Waals surface area contributed by atoms with Gasteiger partial charge >= 0.3 is 6.09 Å². The van der Waals surface area contributed by atoms with E-state index >= 15 is 0 Å². The molecule has 220 valence electrons. The number of fused-ring (bicyclic) bond motifs is 1. The van der Waals surface area contributed by atoms with Crippen molar-refractivity contribution < 1.29 is 9.90 Å². The van der Waals surface area contributed by atoms with Gasteiger partial charge in [0.15, 0.2) is 0 Å². The van der Waals surface area contributed by atoms with Crippen LogP contribution in [0.25, 0.3) is 10.9 Å². The number of rotatable bonds is 8. The SMILES string of the molecule is Cc1ccc2c(N3CCN(CCc4cccc(N(C(=O)O)C(c5ccccc5)c5ccccc5)c4)CC3)cccc2n1.Cl. The van der Waals surface area contributed by atoms with Crippen LogP contribution in [0.4, 0.5) is 16.2 Å². The van der Waals surface area contributed by atoms with Gasteiger partial charge in [-0.2, -0.15) is 0 Å². The zero-order chi connectivity index (χ0) is 28.9. The van der Waals surface area contributed by atoms with Gasteiger partial charge in [-0.15, -0.1) is 12.4 Å². The number of hydrogen-bond acceptors (Lipinski definition) is 4. The smallest absolute Gasteiger partial charge is 0.412 e. The largest absolute Gasteiger partial charge is 0.465 e. The van der Waals surface area contributed by atoms with Crippen molar-refractivity contribution in [2.45, 2.75) is 19.4 Å². The summed E-state index contributed by atoms with van der Waals surface area (Å²) in [5.74, 6) is 0. The molecule has 2 heterocycles. The minimum atomic E-state index is -0.972. The number of anilines is 2. The second kappa shape index (κ2) is 13.7. The predicted octanol–water partition coefficient (Wildman–Crippen LogP) is 7.60. The number of carbonyl (C=O) groups is 1. The van der Waals surface area contributed by atoms with Crippen LogP contribution in [0.15, 0.2) is 115 Å². The number of piperazine rings is 1. The van der Waals surface area contributed by atoms with Gasteiger partial charge in [-0.25, -0.2) is 4.79 Å². The zero-order valence-corrected chi connectivity index (χ0v) is 25.2. The van der Waals surface area contributed by atoms with Crippen molar-refractivity contribution in [2.75, 3.05) is 42.5 Å². The van der Waals surface area contributed by atoms with Crippen molar-refractivity contribution in [3.05, 3.63) is 138 Å². The number of carboxylic acid groups (broad SMARTS) is 1. The summed E-state index contributed by atoms with van der Waals surface area (Å²) in [6.07, 6.45) is -0.111. The lowest BCUT2D eigenvalue weighted by Crippen LogP contribution is -2.47. The molecule has 0 saturated carbocycles. The van der Waals surface area contributed by atoms with E-state index in [-0.39, 0.29) is 12.4 Å². The van der Waals surface area contributed by atoms with E-state index in [1.54, 1.807) is 0 Å². The van der Waals surface area contributed by atoms with Gasteiger partial charge in [0.05, 0.1) is 11.6 Å². The lowest BCUT2D eigenvalue weighted by molar-refractivity contribution is 0.200. The molecule has 7 heteroatoms. The van der Waals surface area contributed by atoms with Crippen molar-refractivity contribution >= 4 is 40.8 Å². The number of pyridine rings is 1. The first-order valence-electron chi connectivity index (χ1n) is 14.6. The first-order valence-corrected chi connectivity index (χ1v) is 14.6. The quantitative estimate of drug-likeness (QED) is 0.201. The summed E-state index contributed by atoms with van der Waals surface area (Å²) in [7, 11) is 0. The summed E-state index contributed by atoms with van der Waals surface area (Å²) < 4.78 is 0. The molecule has 1 saturated heterocycles. The average Bonchev–Trinajstić information content (AvgIpc) is 3.03. The molecule has 4 aromatic carbocycles. The minimum absolute atomic E-state index is 0. The highest BCUT2D eigenvalue weighted by Crippen LogP contribution is 2.34. The van der Waals surface area contributed by atoms with E-state index < -0.39 is 12.1 Å². The molecule has 1 aliphatic heterocycles. The van der Waals surface area contributed by atoms with Crippen molar-refractivity contribution in [3.8, 4) is 0 Å². The van der Waals surface area contributed by atoms with Crippen LogP contribution in [0, 0.1) is 6.92 Å². The van der Waals surface area contributed by atoms with Crippen LogP contribution in [0.5, 0.6) is 0 Å². The lowest BCUT2D eigenvalue weighted by Gasteiger charge is -2.36. The number of halogens is 1.